The molecule has 1 amide bonds. The minimum absolute atomic E-state index is 0.0608. The standard InChI is InChI=1S/C19H22N6OS/c26-18(20-11-8-17-7-4-14-27-17)15-9-12-24(13-10-15)19-21-22-23-25(19)16-5-2-1-3-6-16/h1-7,14-15H,8-13H2,(H,20,26). The Balaban J connectivity index is 1.30. The van der Waals surface area contributed by atoms with E-state index in [9.17, 15) is 4.79 Å². The lowest BCUT2D eigenvalue weighted by Crippen LogP contribution is -2.41. The van der Waals surface area contributed by atoms with Gasteiger partial charge in [-0.05, 0) is 53.3 Å². The molecule has 0 unspecified atom stereocenters. The van der Waals surface area contributed by atoms with Crippen molar-refractivity contribution in [1.29, 1.82) is 0 Å². The van der Waals surface area contributed by atoms with Crippen molar-refractivity contribution in [2.75, 3.05) is 24.5 Å². The summed E-state index contributed by atoms with van der Waals surface area (Å²) < 4.78 is 1.75. The van der Waals surface area contributed by atoms with Crippen molar-refractivity contribution in [3.05, 3.63) is 52.7 Å². The Morgan fingerprint density at radius 3 is 2.70 bits per heavy atom. The smallest absolute Gasteiger partial charge is 0.250 e. The van der Waals surface area contributed by atoms with Gasteiger partial charge in [-0.2, -0.15) is 4.68 Å². The first-order chi connectivity index (χ1) is 13.3. The number of hydrogen-bond acceptors (Lipinski definition) is 6. The number of nitrogens with one attached hydrogen (secondary N) is 1. The van der Waals surface area contributed by atoms with Crippen molar-refractivity contribution in [3.63, 3.8) is 0 Å². The molecule has 2 aromatic heterocycles. The number of carbonyl (C=O) groups excluding carboxylic acids is 1. The molecule has 3 aromatic rings. The quantitative estimate of drug-likeness (QED) is 0.708. The van der Waals surface area contributed by atoms with Gasteiger partial charge in [0.1, 0.15) is 0 Å². The van der Waals surface area contributed by atoms with Crippen LogP contribution in [-0.2, 0) is 11.2 Å². The molecule has 1 N–H and O–H groups in total. The number of nitrogens with zero attached hydrogens (tertiary/aromatic N) is 5. The third-order valence-electron chi connectivity index (χ3n) is 4.85. The second kappa shape index (κ2) is 8.30. The predicted molar refractivity (Wildman–Crippen MR) is 105 cm³/mol. The van der Waals surface area contributed by atoms with Crippen molar-refractivity contribution >= 4 is 23.2 Å². The summed E-state index contributed by atoms with van der Waals surface area (Å²) in [6.07, 6.45) is 2.52. The van der Waals surface area contributed by atoms with Crippen LogP contribution in [0.3, 0.4) is 0 Å². The Morgan fingerprint density at radius 1 is 1.15 bits per heavy atom. The fraction of sp³-hybridized carbons (Fsp3) is 0.368. The zero-order valence-electron chi connectivity index (χ0n) is 15.0. The number of para-hydroxylation sites is 1. The molecule has 4 rings (SSSR count). The van der Waals surface area contributed by atoms with Crippen LogP contribution in [0.25, 0.3) is 5.69 Å². The first kappa shape index (κ1) is 17.7. The van der Waals surface area contributed by atoms with Crippen LogP contribution in [0.1, 0.15) is 17.7 Å². The molecule has 0 spiro atoms. The van der Waals surface area contributed by atoms with E-state index in [0.29, 0.717) is 6.54 Å². The second-order valence-electron chi connectivity index (χ2n) is 6.61. The third-order valence-corrected chi connectivity index (χ3v) is 5.79. The molecule has 1 saturated heterocycles. The molecule has 0 bridgehead atoms. The Morgan fingerprint density at radius 2 is 1.96 bits per heavy atom. The summed E-state index contributed by atoms with van der Waals surface area (Å²) in [4.78, 5) is 15.9. The Labute approximate surface area is 162 Å². The molecule has 3 heterocycles. The van der Waals surface area contributed by atoms with Crippen LogP contribution < -0.4 is 10.2 Å². The number of hydrogen-bond donors (Lipinski definition) is 1. The number of tetrazole rings is 1. The molecule has 7 nitrogen and oxygen atoms in total. The number of rotatable bonds is 6. The minimum atomic E-state index is 0.0608. The van der Waals surface area contributed by atoms with E-state index in [2.05, 4.69) is 37.2 Å². The summed E-state index contributed by atoms with van der Waals surface area (Å²) in [6.45, 7) is 2.25. The van der Waals surface area contributed by atoms with Crippen LogP contribution in [0.5, 0.6) is 0 Å². The molecule has 0 saturated carbocycles. The summed E-state index contributed by atoms with van der Waals surface area (Å²) in [7, 11) is 0. The SMILES string of the molecule is O=C(NCCc1cccs1)C1CCN(c2nnnn2-c2ccccc2)CC1. The van der Waals surface area contributed by atoms with E-state index in [4.69, 9.17) is 0 Å². The number of amides is 1. The fourth-order valence-electron chi connectivity index (χ4n) is 3.37. The summed E-state index contributed by atoms with van der Waals surface area (Å²) in [6, 6.07) is 14.0. The van der Waals surface area contributed by atoms with Crippen LogP contribution in [0, 0.1) is 5.92 Å². The van der Waals surface area contributed by atoms with E-state index in [1.807, 2.05) is 36.4 Å². The number of carbonyl (C=O) groups is 1. The average Bonchev–Trinajstić information content (AvgIpc) is 3.41. The number of thiophene rings is 1. The maximum Gasteiger partial charge on any atom is 0.250 e. The summed E-state index contributed by atoms with van der Waals surface area (Å²) in [5, 5.41) is 17.3. The van der Waals surface area contributed by atoms with Gasteiger partial charge in [0.15, 0.2) is 0 Å². The van der Waals surface area contributed by atoms with Gasteiger partial charge in [0.05, 0.1) is 5.69 Å². The second-order valence-corrected chi connectivity index (χ2v) is 7.64. The van der Waals surface area contributed by atoms with Crippen molar-refractivity contribution in [2.45, 2.75) is 19.3 Å². The summed E-state index contributed by atoms with van der Waals surface area (Å²) >= 11 is 1.73. The predicted octanol–water partition coefficient (Wildman–Crippen LogP) is 2.30. The Bertz CT molecular complexity index is 855. The highest BCUT2D eigenvalue weighted by atomic mass is 32.1. The van der Waals surface area contributed by atoms with Gasteiger partial charge in [0, 0.05) is 30.4 Å². The minimum Gasteiger partial charge on any atom is -0.355 e. The van der Waals surface area contributed by atoms with Crippen LogP contribution in [0.15, 0.2) is 47.8 Å². The molecule has 140 valence electrons. The Hall–Kier alpha value is -2.74. The van der Waals surface area contributed by atoms with E-state index in [1.165, 1.54) is 4.88 Å². The maximum atomic E-state index is 12.4. The van der Waals surface area contributed by atoms with E-state index in [0.717, 1.165) is 44.0 Å². The molecule has 1 aromatic carbocycles. The largest absolute Gasteiger partial charge is 0.355 e. The molecule has 1 aliphatic rings. The molecule has 0 aliphatic carbocycles. The normalized spacial score (nSPS) is 15.0. The number of aromatic nitrogens is 4. The topological polar surface area (TPSA) is 75.9 Å². The number of anilines is 1. The highest BCUT2D eigenvalue weighted by molar-refractivity contribution is 7.09. The van der Waals surface area contributed by atoms with Crippen molar-refractivity contribution in [2.24, 2.45) is 5.92 Å². The third kappa shape index (κ3) is 4.16. The molecule has 8 heteroatoms. The molecule has 27 heavy (non-hydrogen) atoms. The van der Waals surface area contributed by atoms with Crippen molar-refractivity contribution < 1.29 is 4.79 Å². The number of benzene rings is 1. The molecule has 0 atom stereocenters. The van der Waals surface area contributed by atoms with Gasteiger partial charge in [0.2, 0.25) is 11.9 Å². The van der Waals surface area contributed by atoms with Crippen molar-refractivity contribution in [1.82, 2.24) is 25.5 Å². The molecule has 1 fully saturated rings. The van der Waals surface area contributed by atoms with Crippen LogP contribution >= 0.6 is 11.3 Å². The van der Waals surface area contributed by atoms with Crippen LogP contribution in [0.2, 0.25) is 0 Å². The molecular weight excluding hydrogens is 360 g/mol. The average molecular weight is 382 g/mol. The fourth-order valence-corrected chi connectivity index (χ4v) is 4.07. The highest BCUT2D eigenvalue weighted by Gasteiger charge is 2.27. The van der Waals surface area contributed by atoms with Gasteiger partial charge < -0.3 is 10.2 Å². The Kier molecular flexibility index (Phi) is 5.43. The van der Waals surface area contributed by atoms with Gasteiger partial charge in [-0.3, -0.25) is 4.79 Å². The number of piperidine rings is 1. The summed E-state index contributed by atoms with van der Waals surface area (Å²) in [5.74, 6) is 0.956. The first-order valence-corrected chi connectivity index (χ1v) is 10.1. The zero-order valence-corrected chi connectivity index (χ0v) is 15.8. The van der Waals surface area contributed by atoms with E-state index >= 15 is 0 Å². The van der Waals surface area contributed by atoms with Gasteiger partial charge in [-0.1, -0.05) is 29.4 Å². The van der Waals surface area contributed by atoms with E-state index in [1.54, 1.807) is 16.0 Å². The molecular formula is C19H22N6OS. The van der Waals surface area contributed by atoms with Gasteiger partial charge in [-0.15, -0.1) is 11.3 Å². The van der Waals surface area contributed by atoms with Crippen molar-refractivity contribution in [3.8, 4) is 5.69 Å². The highest BCUT2D eigenvalue weighted by Crippen LogP contribution is 2.23. The van der Waals surface area contributed by atoms with E-state index in [-0.39, 0.29) is 11.8 Å². The van der Waals surface area contributed by atoms with Gasteiger partial charge in [0.25, 0.3) is 0 Å². The lowest BCUT2D eigenvalue weighted by atomic mass is 9.96. The maximum absolute atomic E-state index is 12.4. The first-order valence-electron chi connectivity index (χ1n) is 9.20. The zero-order chi connectivity index (χ0) is 18.5. The lowest BCUT2D eigenvalue weighted by molar-refractivity contribution is -0.125. The summed E-state index contributed by atoms with van der Waals surface area (Å²) in [5.41, 5.74) is 0.936. The lowest BCUT2D eigenvalue weighted by Gasteiger charge is -2.31. The van der Waals surface area contributed by atoms with Gasteiger partial charge in [-0.25, -0.2) is 0 Å². The van der Waals surface area contributed by atoms with Crippen LogP contribution in [0.4, 0.5) is 5.95 Å². The van der Waals surface area contributed by atoms with E-state index < -0.39 is 0 Å². The monoisotopic (exact) mass is 382 g/mol. The molecule has 1 aliphatic heterocycles. The van der Waals surface area contributed by atoms with Crippen LogP contribution in [-0.4, -0.2) is 45.7 Å². The molecule has 0 radical (unpaired) electrons. The van der Waals surface area contributed by atoms with Gasteiger partial charge >= 0.3 is 0 Å².